The van der Waals surface area contributed by atoms with Crippen LogP contribution >= 0.6 is 0 Å². The number of nitrogens with one attached hydrogen (secondary N) is 2. The van der Waals surface area contributed by atoms with Crippen LogP contribution in [0, 0.1) is 0 Å². The third-order valence-electron chi connectivity index (χ3n) is 4.17. The fraction of sp³-hybridized carbons (Fsp3) is 0.400. The number of hydrogen-bond donors (Lipinski definition) is 3. The average molecular weight is 419 g/mol. The Balaban J connectivity index is 1.56. The van der Waals surface area contributed by atoms with Crippen molar-refractivity contribution in [3.05, 3.63) is 48.0 Å². The summed E-state index contributed by atoms with van der Waals surface area (Å²) in [6.45, 7) is 1.38. The van der Waals surface area contributed by atoms with Gasteiger partial charge >= 0.3 is 6.09 Å². The molecule has 0 aromatic heterocycles. The van der Waals surface area contributed by atoms with Crippen molar-refractivity contribution in [3.63, 3.8) is 0 Å². The van der Waals surface area contributed by atoms with Crippen LogP contribution in [-0.2, 0) is 30.3 Å². The summed E-state index contributed by atoms with van der Waals surface area (Å²) in [5, 5.41) is 13.8. The van der Waals surface area contributed by atoms with Gasteiger partial charge in [0.05, 0.1) is 33.0 Å². The van der Waals surface area contributed by atoms with E-state index in [2.05, 4.69) is 10.6 Å². The van der Waals surface area contributed by atoms with Gasteiger partial charge in [0.1, 0.15) is 6.04 Å². The first-order valence-electron chi connectivity index (χ1n) is 9.47. The van der Waals surface area contributed by atoms with E-state index in [1.54, 1.807) is 0 Å². The minimum atomic E-state index is -1.27. The molecule has 4 amide bonds. The first-order chi connectivity index (χ1) is 14.5. The zero-order valence-electron chi connectivity index (χ0n) is 16.4. The van der Waals surface area contributed by atoms with Crippen LogP contribution in [0.1, 0.15) is 5.56 Å². The molecule has 0 fully saturated rings. The van der Waals surface area contributed by atoms with E-state index in [1.165, 1.54) is 12.2 Å². The number of carbonyl (C=O) groups is 4. The maximum atomic E-state index is 12.3. The average Bonchev–Trinajstić information content (AvgIpc) is 3.04. The van der Waals surface area contributed by atoms with E-state index in [0.29, 0.717) is 0 Å². The summed E-state index contributed by atoms with van der Waals surface area (Å²) >= 11 is 0. The molecule has 1 atom stereocenters. The highest BCUT2D eigenvalue weighted by Crippen LogP contribution is 2.04. The van der Waals surface area contributed by atoms with Gasteiger partial charge in [-0.15, -0.1) is 0 Å². The van der Waals surface area contributed by atoms with E-state index < -0.39 is 18.0 Å². The molecule has 1 unspecified atom stereocenters. The fourth-order valence-electron chi connectivity index (χ4n) is 2.71. The van der Waals surface area contributed by atoms with Crippen LogP contribution in [0.5, 0.6) is 0 Å². The first-order valence-corrected chi connectivity index (χ1v) is 9.47. The second-order valence-electron chi connectivity index (χ2n) is 6.37. The van der Waals surface area contributed by atoms with Crippen molar-refractivity contribution in [2.24, 2.45) is 0 Å². The molecule has 1 aromatic rings. The minimum absolute atomic E-state index is 0.181. The maximum Gasteiger partial charge on any atom is 0.405 e. The Labute approximate surface area is 173 Å². The molecular formula is C20H25N3O7. The Morgan fingerprint density at radius 3 is 2.23 bits per heavy atom. The second-order valence-corrected chi connectivity index (χ2v) is 6.37. The van der Waals surface area contributed by atoms with Gasteiger partial charge in [0.25, 0.3) is 11.8 Å². The number of amides is 4. The van der Waals surface area contributed by atoms with Gasteiger partial charge in [-0.2, -0.15) is 0 Å². The van der Waals surface area contributed by atoms with Crippen molar-refractivity contribution in [2.75, 3.05) is 39.5 Å². The Morgan fingerprint density at radius 2 is 1.60 bits per heavy atom. The zero-order chi connectivity index (χ0) is 21.8. The summed E-state index contributed by atoms with van der Waals surface area (Å²) in [5.74, 6) is -1.13. The van der Waals surface area contributed by atoms with Gasteiger partial charge < -0.3 is 25.2 Å². The number of imide groups is 1. The Morgan fingerprint density at radius 1 is 0.967 bits per heavy atom. The number of benzene rings is 1. The second kappa shape index (κ2) is 12.3. The van der Waals surface area contributed by atoms with Crippen LogP contribution in [0.4, 0.5) is 4.79 Å². The lowest BCUT2D eigenvalue weighted by molar-refractivity contribution is -0.137. The highest BCUT2D eigenvalue weighted by Gasteiger charge is 2.22. The minimum Gasteiger partial charge on any atom is -0.465 e. The van der Waals surface area contributed by atoms with Crippen molar-refractivity contribution in [3.8, 4) is 0 Å². The summed E-state index contributed by atoms with van der Waals surface area (Å²) < 4.78 is 10.6. The van der Waals surface area contributed by atoms with Crippen LogP contribution in [0.15, 0.2) is 42.5 Å². The SMILES string of the molecule is O=C(O)NC(Cc1ccccc1)C(=O)NCCOCCOCCN1C(=O)C=CC1=O. The lowest BCUT2D eigenvalue weighted by Gasteiger charge is -2.17. The molecule has 1 aliphatic rings. The number of carbonyl (C=O) groups excluding carboxylic acids is 3. The van der Waals surface area contributed by atoms with Crippen molar-refractivity contribution in [1.29, 1.82) is 0 Å². The van der Waals surface area contributed by atoms with E-state index in [9.17, 15) is 19.2 Å². The number of nitrogens with zero attached hydrogens (tertiary/aromatic N) is 1. The molecule has 0 saturated heterocycles. The molecule has 0 spiro atoms. The highest BCUT2D eigenvalue weighted by molar-refractivity contribution is 6.12. The molecule has 3 N–H and O–H groups in total. The van der Waals surface area contributed by atoms with Crippen LogP contribution < -0.4 is 10.6 Å². The van der Waals surface area contributed by atoms with Crippen LogP contribution in [0.3, 0.4) is 0 Å². The van der Waals surface area contributed by atoms with Crippen molar-refractivity contribution >= 4 is 23.8 Å². The predicted molar refractivity (Wildman–Crippen MR) is 106 cm³/mol. The van der Waals surface area contributed by atoms with Gasteiger partial charge in [0.15, 0.2) is 0 Å². The van der Waals surface area contributed by atoms with Crippen molar-refractivity contribution in [2.45, 2.75) is 12.5 Å². The van der Waals surface area contributed by atoms with Crippen molar-refractivity contribution < 1.29 is 33.8 Å². The monoisotopic (exact) mass is 419 g/mol. The molecule has 0 bridgehead atoms. The number of carboxylic acid groups (broad SMARTS) is 1. The maximum absolute atomic E-state index is 12.3. The number of hydrogen-bond acceptors (Lipinski definition) is 6. The molecule has 1 aliphatic heterocycles. The molecule has 30 heavy (non-hydrogen) atoms. The van der Waals surface area contributed by atoms with Crippen LogP contribution in [-0.4, -0.2) is 79.4 Å². The molecule has 0 aliphatic carbocycles. The summed E-state index contributed by atoms with van der Waals surface area (Å²) in [4.78, 5) is 47.0. The normalized spacial score (nSPS) is 14.1. The Kier molecular flexibility index (Phi) is 9.49. The van der Waals surface area contributed by atoms with E-state index >= 15 is 0 Å². The largest absolute Gasteiger partial charge is 0.465 e. The van der Waals surface area contributed by atoms with E-state index in [0.717, 1.165) is 10.5 Å². The Hall–Kier alpha value is -3.24. The summed E-state index contributed by atoms with van der Waals surface area (Å²) in [5.41, 5.74) is 0.841. The molecule has 0 saturated carbocycles. The summed E-state index contributed by atoms with van der Waals surface area (Å²) in [6, 6.07) is 8.21. The third kappa shape index (κ3) is 8.02. The van der Waals surface area contributed by atoms with E-state index in [-0.39, 0.29) is 57.8 Å². The molecule has 162 valence electrons. The van der Waals surface area contributed by atoms with Gasteiger partial charge in [0.2, 0.25) is 5.91 Å². The summed E-state index contributed by atoms with van der Waals surface area (Å²) in [7, 11) is 0. The van der Waals surface area contributed by atoms with Gasteiger partial charge in [-0.05, 0) is 5.56 Å². The first kappa shape index (κ1) is 23.0. The molecule has 2 rings (SSSR count). The topological polar surface area (TPSA) is 134 Å². The summed E-state index contributed by atoms with van der Waals surface area (Å²) in [6.07, 6.45) is 1.41. The lowest BCUT2D eigenvalue weighted by atomic mass is 10.1. The van der Waals surface area contributed by atoms with Gasteiger partial charge in [-0.1, -0.05) is 30.3 Å². The van der Waals surface area contributed by atoms with Gasteiger partial charge in [-0.25, -0.2) is 4.79 Å². The molecule has 1 heterocycles. The van der Waals surface area contributed by atoms with Gasteiger partial charge in [0, 0.05) is 25.1 Å². The molecule has 0 radical (unpaired) electrons. The van der Waals surface area contributed by atoms with Gasteiger partial charge in [-0.3, -0.25) is 19.3 Å². The third-order valence-corrected chi connectivity index (χ3v) is 4.17. The van der Waals surface area contributed by atoms with E-state index in [4.69, 9.17) is 14.6 Å². The quantitative estimate of drug-likeness (QED) is 0.301. The number of rotatable bonds is 13. The fourth-order valence-corrected chi connectivity index (χ4v) is 2.71. The molecule has 10 nitrogen and oxygen atoms in total. The zero-order valence-corrected chi connectivity index (χ0v) is 16.4. The van der Waals surface area contributed by atoms with E-state index in [1.807, 2.05) is 30.3 Å². The lowest BCUT2D eigenvalue weighted by Crippen LogP contribution is -2.48. The highest BCUT2D eigenvalue weighted by atomic mass is 16.5. The Bertz CT molecular complexity index is 749. The predicted octanol–water partition coefficient (Wildman–Crippen LogP) is -0.0603. The molecular weight excluding hydrogens is 394 g/mol. The number of ether oxygens (including phenoxy) is 2. The van der Waals surface area contributed by atoms with Crippen LogP contribution in [0.25, 0.3) is 0 Å². The molecule has 1 aromatic carbocycles. The molecule has 10 heteroatoms. The van der Waals surface area contributed by atoms with Crippen molar-refractivity contribution in [1.82, 2.24) is 15.5 Å². The van der Waals surface area contributed by atoms with Crippen LogP contribution in [0.2, 0.25) is 0 Å². The smallest absolute Gasteiger partial charge is 0.405 e. The standard InChI is InChI=1S/C20H25N3O7/c24-17-6-7-18(25)23(17)9-11-30-13-12-29-10-8-21-19(26)16(22-20(27)28)14-15-4-2-1-3-5-15/h1-7,16,22H,8-14H2,(H,21,26)(H,27,28).